The summed E-state index contributed by atoms with van der Waals surface area (Å²) in [5.74, 6) is -1.01. The lowest BCUT2D eigenvalue weighted by Gasteiger charge is -2.18. The minimum Gasteiger partial charge on any atom is -0.365 e. The molecule has 3 aliphatic rings. The van der Waals surface area contributed by atoms with Crippen LogP contribution in [0.3, 0.4) is 0 Å². The minimum absolute atomic E-state index is 0.141. The Morgan fingerprint density at radius 2 is 1.69 bits per heavy atom. The highest BCUT2D eigenvalue weighted by Gasteiger charge is 2.64. The van der Waals surface area contributed by atoms with Crippen molar-refractivity contribution in [2.45, 2.75) is 47.0 Å². The molecule has 4 atom stereocenters. The summed E-state index contributed by atoms with van der Waals surface area (Å²) in [7, 11) is 0. The summed E-state index contributed by atoms with van der Waals surface area (Å²) >= 11 is 1.34. The highest BCUT2D eigenvalue weighted by molar-refractivity contribution is 7.17. The van der Waals surface area contributed by atoms with Crippen LogP contribution in [0.4, 0.5) is 5.00 Å². The van der Waals surface area contributed by atoms with Gasteiger partial charge >= 0.3 is 0 Å². The Hall–Kier alpha value is -1.95. The van der Waals surface area contributed by atoms with E-state index in [1.165, 1.54) is 27.4 Å². The first-order valence-electron chi connectivity index (χ1n) is 9.26. The number of allylic oxidation sites excluding steroid dienone is 2. The normalized spacial score (nSPS) is 29.7. The predicted octanol–water partition coefficient (Wildman–Crippen LogP) is 3.20. The molecule has 1 aliphatic heterocycles. The molecule has 1 aromatic heterocycles. The van der Waals surface area contributed by atoms with Crippen molar-refractivity contribution >= 4 is 34.1 Å². The second-order valence-corrected chi connectivity index (χ2v) is 9.05. The van der Waals surface area contributed by atoms with E-state index in [0.717, 1.165) is 23.3 Å². The van der Waals surface area contributed by atoms with Crippen LogP contribution < -0.4 is 10.6 Å². The number of nitrogens with zero attached hydrogens (tertiary/aromatic N) is 1. The van der Waals surface area contributed by atoms with Crippen molar-refractivity contribution in [3.05, 3.63) is 27.2 Å². The molecular weight excluding hydrogens is 348 g/mol. The number of carbonyl (C=O) groups is 3. The maximum absolute atomic E-state index is 13.3. The first-order chi connectivity index (χ1) is 12.3. The maximum Gasteiger partial charge on any atom is 0.252 e. The number of fused-ring (bicyclic) bond motifs is 5. The van der Waals surface area contributed by atoms with E-state index in [-0.39, 0.29) is 35.5 Å². The summed E-state index contributed by atoms with van der Waals surface area (Å²) in [6.07, 6.45) is 2.61. The van der Waals surface area contributed by atoms with Crippen LogP contribution in [0, 0.1) is 30.6 Å². The highest BCUT2D eigenvalue weighted by atomic mass is 32.1. The third kappa shape index (κ3) is 2.05. The van der Waals surface area contributed by atoms with Gasteiger partial charge in [-0.05, 0) is 57.4 Å². The van der Waals surface area contributed by atoms with E-state index in [4.69, 9.17) is 5.73 Å². The molecule has 3 amide bonds. The third-order valence-corrected chi connectivity index (χ3v) is 7.56. The van der Waals surface area contributed by atoms with Crippen molar-refractivity contribution in [2.24, 2.45) is 29.4 Å². The average Bonchev–Trinajstić information content (AvgIpc) is 3.27. The molecule has 0 aromatic carbocycles. The van der Waals surface area contributed by atoms with Gasteiger partial charge in [-0.25, -0.2) is 4.90 Å². The van der Waals surface area contributed by atoms with Gasteiger partial charge in [0.1, 0.15) is 5.00 Å². The Morgan fingerprint density at radius 1 is 1.15 bits per heavy atom. The number of primary amides is 1. The third-order valence-electron chi connectivity index (χ3n) is 6.42. The van der Waals surface area contributed by atoms with Gasteiger partial charge in [0, 0.05) is 4.88 Å². The lowest BCUT2D eigenvalue weighted by Crippen LogP contribution is -2.34. The number of hydrogen-bond acceptors (Lipinski definition) is 4. The lowest BCUT2D eigenvalue weighted by molar-refractivity contribution is -0.122. The van der Waals surface area contributed by atoms with Gasteiger partial charge in [-0.15, -0.1) is 11.3 Å². The van der Waals surface area contributed by atoms with Gasteiger partial charge < -0.3 is 5.73 Å². The molecule has 0 unspecified atom stereocenters. The van der Waals surface area contributed by atoms with Gasteiger partial charge in [-0.2, -0.15) is 0 Å². The molecule has 2 N–H and O–H groups in total. The Kier molecular flexibility index (Phi) is 3.88. The zero-order valence-corrected chi connectivity index (χ0v) is 16.4. The monoisotopic (exact) mass is 372 g/mol. The number of aryl methyl sites for hydroxylation is 1. The van der Waals surface area contributed by atoms with E-state index in [9.17, 15) is 14.4 Å². The topological polar surface area (TPSA) is 80.5 Å². The average molecular weight is 372 g/mol. The maximum atomic E-state index is 13.3. The van der Waals surface area contributed by atoms with Crippen LogP contribution in [0.2, 0.25) is 0 Å². The van der Waals surface area contributed by atoms with Crippen LogP contribution in [0.1, 0.15) is 54.4 Å². The van der Waals surface area contributed by atoms with Crippen molar-refractivity contribution in [3.8, 4) is 0 Å². The molecule has 0 radical (unpaired) electrons. The number of amides is 3. The summed E-state index contributed by atoms with van der Waals surface area (Å²) in [4.78, 5) is 40.9. The van der Waals surface area contributed by atoms with Gasteiger partial charge in [-0.3, -0.25) is 14.4 Å². The Balaban J connectivity index is 1.82. The van der Waals surface area contributed by atoms with Gasteiger partial charge in [0.2, 0.25) is 11.8 Å². The van der Waals surface area contributed by atoms with E-state index in [1.54, 1.807) is 0 Å². The first kappa shape index (κ1) is 17.5. The van der Waals surface area contributed by atoms with Crippen LogP contribution in [-0.4, -0.2) is 17.7 Å². The number of carbonyl (C=O) groups excluding carboxylic acids is 3. The predicted molar refractivity (Wildman–Crippen MR) is 101 cm³/mol. The largest absolute Gasteiger partial charge is 0.365 e. The van der Waals surface area contributed by atoms with E-state index >= 15 is 0 Å². The molecule has 0 spiro atoms. The molecule has 5 nitrogen and oxygen atoms in total. The number of hydrogen-bond donors (Lipinski definition) is 1. The first-order valence-corrected chi connectivity index (χ1v) is 10.1. The molecule has 138 valence electrons. The van der Waals surface area contributed by atoms with Crippen molar-refractivity contribution in [3.63, 3.8) is 0 Å². The van der Waals surface area contributed by atoms with E-state index in [2.05, 4.69) is 13.8 Å². The summed E-state index contributed by atoms with van der Waals surface area (Å²) in [5, 5.41) is 0.439. The van der Waals surface area contributed by atoms with Gasteiger partial charge in [0.15, 0.2) is 0 Å². The van der Waals surface area contributed by atoms with Crippen LogP contribution in [-0.2, 0) is 16.0 Å². The fourth-order valence-corrected chi connectivity index (χ4v) is 6.85. The van der Waals surface area contributed by atoms with Crippen molar-refractivity contribution < 1.29 is 14.4 Å². The van der Waals surface area contributed by atoms with Crippen molar-refractivity contribution in [1.29, 1.82) is 0 Å². The van der Waals surface area contributed by atoms with Crippen LogP contribution in [0.5, 0.6) is 0 Å². The summed E-state index contributed by atoms with van der Waals surface area (Å²) < 4.78 is 0. The Bertz CT molecular complexity index is 846. The summed E-state index contributed by atoms with van der Waals surface area (Å²) in [5.41, 5.74) is 9.40. The van der Waals surface area contributed by atoms with Crippen LogP contribution in [0.25, 0.3) is 0 Å². The van der Waals surface area contributed by atoms with Gasteiger partial charge in [0.05, 0.1) is 17.4 Å². The second-order valence-electron chi connectivity index (χ2n) is 7.84. The Labute approximate surface area is 157 Å². The quantitative estimate of drug-likeness (QED) is 0.653. The molecule has 1 saturated heterocycles. The molecule has 6 heteroatoms. The smallest absolute Gasteiger partial charge is 0.252 e. The number of anilines is 1. The second kappa shape index (κ2) is 5.78. The molecular formula is C20H24N2O3S. The molecule has 2 aliphatic carbocycles. The molecule has 26 heavy (non-hydrogen) atoms. The van der Waals surface area contributed by atoms with E-state index in [0.29, 0.717) is 17.0 Å². The summed E-state index contributed by atoms with van der Waals surface area (Å²) in [6.45, 7) is 8.02. The lowest BCUT2D eigenvalue weighted by atomic mass is 9.81. The van der Waals surface area contributed by atoms with E-state index < -0.39 is 5.91 Å². The summed E-state index contributed by atoms with van der Waals surface area (Å²) in [6, 6.07) is 0. The molecule has 1 aromatic rings. The molecule has 2 bridgehead atoms. The van der Waals surface area contributed by atoms with E-state index in [1.807, 2.05) is 13.8 Å². The number of imide groups is 1. The SMILES string of the molecule is CCc1c(C)sc(N2C(=O)[C@@H]3[C@H](C2=O)[C@H]2CC[C@H]3C2=C(C)C)c1C(N)=O. The fraction of sp³-hybridized carbons (Fsp3) is 0.550. The van der Waals surface area contributed by atoms with Gasteiger partial charge in [0.25, 0.3) is 5.91 Å². The highest BCUT2D eigenvalue weighted by Crippen LogP contribution is 2.61. The molecule has 3 fully saturated rings. The molecule has 4 rings (SSSR count). The molecule has 2 heterocycles. The van der Waals surface area contributed by atoms with Crippen molar-refractivity contribution in [1.82, 2.24) is 0 Å². The minimum atomic E-state index is -0.563. The van der Waals surface area contributed by atoms with Gasteiger partial charge in [-0.1, -0.05) is 18.1 Å². The number of thiophene rings is 1. The Morgan fingerprint density at radius 3 is 2.12 bits per heavy atom. The standard InChI is InChI=1S/C20H24N2O3S/c1-5-10-9(4)26-20(16(10)17(21)23)22-18(24)14-11-6-7-12(13(11)8(2)3)15(14)19(22)25/h11-12,14-15H,5-7H2,1-4H3,(H2,21,23)/t11-,12-,14-,15+/m0/s1. The fourth-order valence-electron chi connectivity index (χ4n) is 5.59. The van der Waals surface area contributed by atoms with Crippen LogP contribution >= 0.6 is 11.3 Å². The van der Waals surface area contributed by atoms with Crippen molar-refractivity contribution in [2.75, 3.05) is 4.90 Å². The zero-order chi connectivity index (χ0) is 18.9. The van der Waals surface area contributed by atoms with Crippen LogP contribution in [0.15, 0.2) is 11.1 Å². The zero-order valence-electron chi connectivity index (χ0n) is 15.6. The molecule has 2 saturated carbocycles. The number of nitrogens with two attached hydrogens (primary N) is 1. The number of rotatable bonds is 3.